The summed E-state index contributed by atoms with van der Waals surface area (Å²) in [5.41, 5.74) is 0. The largest absolute Gasteiger partial charge is 0.377 e. The number of methoxy groups -OCH3 is 1. The van der Waals surface area contributed by atoms with Gasteiger partial charge in [0.05, 0.1) is 0 Å². The number of nitrogens with one attached hydrogen (secondary N) is 2. The Balaban J connectivity index is 2.09. The maximum atomic E-state index is 5.11. The van der Waals surface area contributed by atoms with Gasteiger partial charge in [-0.25, -0.2) is 9.97 Å². The molecule has 1 aliphatic heterocycles. The standard InChI is InChI=1S/C13H23N5O/c1-4-14-11-7-12(17-13(16-11)9-19-3)15-10-5-6-18(2)8-10/h7,10H,4-6,8-9H2,1-3H3,(H2,14,15,16,17). The minimum Gasteiger partial charge on any atom is -0.377 e. The van der Waals surface area contributed by atoms with Gasteiger partial charge < -0.3 is 20.3 Å². The molecule has 1 aromatic heterocycles. The maximum Gasteiger partial charge on any atom is 0.158 e. The predicted octanol–water partition coefficient (Wildman–Crippen LogP) is 1.17. The van der Waals surface area contributed by atoms with Crippen molar-refractivity contribution in [3.8, 4) is 0 Å². The van der Waals surface area contributed by atoms with Crippen molar-refractivity contribution in [1.82, 2.24) is 14.9 Å². The molecule has 6 heteroatoms. The fraction of sp³-hybridized carbons (Fsp3) is 0.692. The van der Waals surface area contributed by atoms with Crippen molar-refractivity contribution in [2.75, 3.05) is 44.4 Å². The number of aromatic nitrogens is 2. The number of rotatable bonds is 6. The molecule has 19 heavy (non-hydrogen) atoms. The minimum absolute atomic E-state index is 0.429. The van der Waals surface area contributed by atoms with Crippen LogP contribution in [-0.2, 0) is 11.3 Å². The Hall–Kier alpha value is -1.40. The average molecular weight is 265 g/mol. The molecular weight excluding hydrogens is 242 g/mol. The highest BCUT2D eigenvalue weighted by Crippen LogP contribution is 2.16. The number of likely N-dealkylation sites (N-methyl/N-ethyl adjacent to an activating group) is 1. The number of anilines is 2. The quantitative estimate of drug-likeness (QED) is 0.805. The van der Waals surface area contributed by atoms with Crippen LogP contribution < -0.4 is 10.6 Å². The lowest BCUT2D eigenvalue weighted by Gasteiger charge is -2.15. The molecule has 2 rings (SSSR count). The predicted molar refractivity (Wildman–Crippen MR) is 76.4 cm³/mol. The SMILES string of the molecule is CCNc1cc(NC2CCN(C)C2)nc(COC)n1. The van der Waals surface area contributed by atoms with Crippen LogP contribution >= 0.6 is 0 Å². The molecule has 1 unspecified atom stereocenters. The first-order chi connectivity index (χ1) is 9.21. The number of hydrogen-bond donors (Lipinski definition) is 2. The summed E-state index contributed by atoms with van der Waals surface area (Å²) in [5.74, 6) is 2.42. The van der Waals surface area contributed by atoms with Gasteiger partial charge >= 0.3 is 0 Å². The summed E-state index contributed by atoms with van der Waals surface area (Å²) in [6.45, 7) is 5.51. The van der Waals surface area contributed by atoms with Crippen molar-refractivity contribution < 1.29 is 4.74 Å². The van der Waals surface area contributed by atoms with Gasteiger partial charge in [-0.3, -0.25) is 0 Å². The molecule has 0 saturated carbocycles. The zero-order valence-electron chi connectivity index (χ0n) is 11.9. The van der Waals surface area contributed by atoms with E-state index in [-0.39, 0.29) is 0 Å². The number of nitrogens with zero attached hydrogens (tertiary/aromatic N) is 3. The molecule has 1 saturated heterocycles. The molecule has 106 valence electrons. The molecule has 2 heterocycles. The molecule has 1 atom stereocenters. The number of likely N-dealkylation sites (tertiary alicyclic amines) is 1. The Morgan fingerprint density at radius 1 is 1.42 bits per heavy atom. The van der Waals surface area contributed by atoms with E-state index in [0.717, 1.165) is 37.7 Å². The van der Waals surface area contributed by atoms with E-state index in [2.05, 4.69) is 39.5 Å². The van der Waals surface area contributed by atoms with Gasteiger partial charge in [0.1, 0.15) is 18.2 Å². The first-order valence-corrected chi connectivity index (χ1v) is 6.77. The molecule has 2 N–H and O–H groups in total. The lowest BCUT2D eigenvalue weighted by Crippen LogP contribution is -2.24. The van der Waals surface area contributed by atoms with E-state index in [1.807, 2.05) is 6.07 Å². The van der Waals surface area contributed by atoms with Crippen LogP contribution in [0.3, 0.4) is 0 Å². The Kier molecular flexibility index (Phi) is 4.93. The fourth-order valence-electron chi connectivity index (χ4n) is 2.30. The molecule has 1 aliphatic rings. The Labute approximate surface area is 114 Å². The highest BCUT2D eigenvalue weighted by molar-refractivity contribution is 5.48. The smallest absolute Gasteiger partial charge is 0.158 e. The van der Waals surface area contributed by atoms with E-state index in [4.69, 9.17) is 4.74 Å². The van der Waals surface area contributed by atoms with Gasteiger partial charge in [0.25, 0.3) is 0 Å². The van der Waals surface area contributed by atoms with Gasteiger partial charge in [-0.1, -0.05) is 0 Å². The molecule has 6 nitrogen and oxygen atoms in total. The fourth-order valence-corrected chi connectivity index (χ4v) is 2.30. The molecule has 0 spiro atoms. The molecule has 0 radical (unpaired) electrons. The van der Waals surface area contributed by atoms with Gasteiger partial charge in [-0.05, 0) is 26.9 Å². The van der Waals surface area contributed by atoms with E-state index in [1.54, 1.807) is 7.11 Å². The van der Waals surface area contributed by atoms with Crippen molar-refractivity contribution in [2.45, 2.75) is 26.0 Å². The molecule has 0 bridgehead atoms. The number of hydrogen-bond acceptors (Lipinski definition) is 6. The van der Waals surface area contributed by atoms with E-state index in [1.165, 1.54) is 0 Å². The first kappa shape index (κ1) is 14.0. The summed E-state index contributed by atoms with van der Waals surface area (Å²) < 4.78 is 5.11. The summed E-state index contributed by atoms with van der Waals surface area (Å²) in [5, 5.41) is 6.70. The summed E-state index contributed by atoms with van der Waals surface area (Å²) in [7, 11) is 3.80. The molecule has 1 aromatic rings. The molecule has 0 aromatic carbocycles. The monoisotopic (exact) mass is 265 g/mol. The number of ether oxygens (including phenoxy) is 1. The minimum atomic E-state index is 0.429. The van der Waals surface area contributed by atoms with Crippen LogP contribution in [-0.4, -0.2) is 54.7 Å². The van der Waals surface area contributed by atoms with E-state index in [9.17, 15) is 0 Å². The second kappa shape index (κ2) is 6.68. The van der Waals surface area contributed by atoms with E-state index < -0.39 is 0 Å². The maximum absolute atomic E-state index is 5.11. The zero-order valence-corrected chi connectivity index (χ0v) is 11.9. The summed E-state index contributed by atoms with van der Waals surface area (Å²) in [6, 6.07) is 2.42. The molecule has 0 aliphatic carbocycles. The second-order valence-electron chi connectivity index (χ2n) is 4.91. The third-order valence-electron chi connectivity index (χ3n) is 3.15. The Bertz CT molecular complexity index is 388. The molecule has 0 amide bonds. The average Bonchev–Trinajstić information content (AvgIpc) is 2.75. The first-order valence-electron chi connectivity index (χ1n) is 6.77. The van der Waals surface area contributed by atoms with Crippen LogP contribution in [0.2, 0.25) is 0 Å². The zero-order chi connectivity index (χ0) is 13.7. The van der Waals surface area contributed by atoms with Crippen molar-refractivity contribution in [2.24, 2.45) is 0 Å². The Morgan fingerprint density at radius 2 is 2.21 bits per heavy atom. The van der Waals surface area contributed by atoms with Crippen LogP contribution in [0.5, 0.6) is 0 Å². The van der Waals surface area contributed by atoms with Gasteiger partial charge in [-0.2, -0.15) is 0 Å². The summed E-state index contributed by atoms with van der Waals surface area (Å²) in [6.07, 6.45) is 1.15. The van der Waals surface area contributed by atoms with Crippen LogP contribution in [0.15, 0.2) is 6.07 Å². The second-order valence-corrected chi connectivity index (χ2v) is 4.91. The van der Waals surface area contributed by atoms with Crippen molar-refractivity contribution in [3.05, 3.63) is 11.9 Å². The molecular formula is C13H23N5O. The van der Waals surface area contributed by atoms with Crippen LogP contribution in [0.1, 0.15) is 19.2 Å². The van der Waals surface area contributed by atoms with Crippen LogP contribution in [0.4, 0.5) is 11.6 Å². The Morgan fingerprint density at radius 3 is 2.84 bits per heavy atom. The topological polar surface area (TPSA) is 62.3 Å². The van der Waals surface area contributed by atoms with Gasteiger partial charge in [0, 0.05) is 32.3 Å². The van der Waals surface area contributed by atoms with E-state index in [0.29, 0.717) is 18.5 Å². The van der Waals surface area contributed by atoms with Crippen LogP contribution in [0, 0.1) is 0 Å². The highest BCUT2D eigenvalue weighted by atomic mass is 16.5. The van der Waals surface area contributed by atoms with E-state index >= 15 is 0 Å². The third kappa shape index (κ3) is 4.04. The highest BCUT2D eigenvalue weighted by Gasteiger charge is 2.19. The van der Waals surface area contributed by atoms with Gasteiger partial charge in [0.2, 0.25) is 0 Å². The van der Waals surface area contributed by atoms with Crippen molar-refractivity contribution in [3.63, 3.8) is 0 Å². The summed E-state index contributed by atoms with van der Waals surface area (Å²) in [4.78, 5) is 11.2. The normalized spacial score (nSPS) is 19.6. The van der Waals surface area contributed by atoms with Crippen molar-refractivity contribution in [1.29, 1.82) is 0 Å². The lowest BCUT2D eigenvalue weighted by molar-refractivity contribution is 0.178. The van der Waals surface area contributed by atoms with Gasteiger partial charge in [0.15, 0.2) is 5.82 Å². The van der Waals surface area contributed by atoms with Crippen molar-refractivity contribution >= 4 is 11.6 Å². The molecule has 1 fully saturated rings. The third-order valence-corrected chi connectivity index (χ3v) is 3.15. The van der Waals surface area contributed by atoms with Gasteiger partial charge in [-0.15, -0.1) is 0 Å². The van der Waals surface area contributed by atoms with Crippen LogP contribution in [0.25, 0.3) is 0 Å². The summed E-state index contributed by atoms with van der Waals surface area (Å²) >= 11 is 0. The lowest BCUT2D eigenvalue weighted by atomic mass is 10.2.